The van der Waals surface area contributed by atoms with Crippen LogP contribution in [0.15, 0.2) is 0 Å². The van der Waals surface area contributed by atoms with Gasteiger partial charge in [0.15, 0.2) is 0 Å². The normalized spacial score (nSPS) is 17.2. The molecule has 0 saturated carbocycles. The van der Waals surface area contributed by atoms with Crippen LogP contribution in [0.4, 0.5) is 4.79 Å². The molecule has 0 aliphatic carbocycles. The van der Waals surface area contributed by atoms with E-state index in [1.165, 1.54) is 0 Å². The van der Waals surface area contributed by atoms with Crippen molar-refractivity contribution < 1.29 is 14.3 Å². The molecule has 12 heavy (non-hydrogen) atoms. The van der Waals surface area contributed by atoms with E-state index in [2.05, 4.69) is 5.32 Å². The molecule has 0 aromatic heterocycles. The average molecular weight is 173 g/mol. The Morgan fingerprint density at radius 1 is 1.58 bits per heavy atom. The molecule has 0 bridgehead atoms. The monoisotopic (exact) mass is 173 g/mol. The summed E-state index contributed by atoms with van der Waals surface area (Å²) < 4.78 is 9.73. The fraction of sp³-hybridized carbons (Fsp3) is 0.875. The maximum atomic E-state index is 10.9. The first-order valence-electron chi connectivity index (χ1n) is 4.22. The van der Waals surface area contributed by atoms with Crippen molar-refractivity contribution in [2.45, 2.75) is 20.0 Å². The van der Waals surface area contributed by atoms with Gasteiger partial charge in [0.1, 0.15) is 6.10 Å². The summed E-state index contributed by atoms with van der Waals surface area (Å²) in [5, 5.41) is 3.00. The SMILES string of the molecule is CC(C)COC(=O)OC1CNC1. The highest BCUT2D eigenvalue weighted by atomic mass is 16.7. The lowest BCUT2D eigenvalue weighted by atomic mass is 10.2. The van der Waals surface area contributed by atoms with Crippen LogP contribution in [0.25, 0.3) is 0 Å². The van der Waals surface area contributed by atoms with Gasteiger partial charge in [0.2, 0.25) is 0 Å². The first kappa shape index (κ1) is 9.32. The Morgan fingerprint density at radius 2 is 2.25 bits per heavy atom. The number of ether oxygens (including phenoxy) is 2. The minimum absolute atomic E-state index is 0.0182. The summed E-state index contributed by atoms with van der Waals surface area (Å²) in [4.78, 5) is 10.9. The van der Waals surface area contributed by atoms with E-state index in [1.54, 1.807) is 0 Å². The molecule has 1 rings (SSSR count). The van der Waals surface area contributed by atoms with E-state index in [-0.39, 0.29) is 6.10 Å². The molecule has 0 unspecified atom stereocenters. The quantitative estimate of drug-likeness (QED) is 0.640. The van der Waals surface area contributed by atoms with Crippen molar-refractivity contribution in [2.24, 2.45) is 5.92 Å². The molecule has 1 aliphatic rings. The van der Waals surface area contributed by atoms with E-state index in [0.717, 1.165) is 13.1 Å². The van der Waals surface area contributed by atoms with Gasteiger partial charge in [-0.15, -0.1) is 0 Å². The third-order valence-corrected chi connectivity index (χ3v) is 1.54. The zero-order chi connectivity index (χ0) is 8.97. The van der Waals surface area contributed by atoms with Gasteiger partial charge in [-0.1, -0.05) is 13.8 Å². The van der Waals surface area contributed by atoms with Gasteiger partial charge in [0.25, 0.3) is 0 Å². The summed E-state index contributed by atoms with van der Waals surface area (Å²) in [5.74, 6) is 0.358. The van der Waals surface area contributed by atoms with Crippen LogP contribution in [0.3, 0.4) is 0 Å². The minimum atomic E-state index is -0.546. The Balaban J connectivity index is 2.03. The summed E-state index contributed by atoms with van der Waals surface area (Å²) in [6.07, 6.45) is -0.528. The molecule has 0 amide bonds. The van der Waals surface area contributed by atoms with Gasteiger partial charge in [-0.2, -0.15) is 0 Å². The van der Waals surface area contributed by atoms with Crippen molar-refractivity contribution in [1.29, 1.82) is 0 Å². The summed E-state index contributed by atoms with van der Waals surface area (Å²) in [5.41, 5.74) is 0. The first-order valence-corrected chi connectivity index (χ1v) is 4.22. The highest BCUT2D eigenvalue weighted by molar-refractivity contribution is 5.60. The van der Waals surface area contributed by atoms with Crippen molar-refractivity contribution in [1.82, 2.24) is 5.32 Å². The van der Waals surface area contributed by atoms with Crippen molar-refractivity contribution in [2.75, 3.05) is 19.7 Å². The summed E-state index contributed by atoms with van der Waals surface area (Å²) in [7, 11) is 0. The van der Waals surface area contributed by atoms with Gasteiger partial charge in [-0.3, -0.25) is 0 Å². The third-order valence-electron chi connectivity index (χ3n) is 1.54. The molecule has 4 heteroatoms. The highest BCUT2D eigenvalue weighted by Crippen LogP contribution is 2.01. The molecule has 0 aromatic carbocycles. The molecule has 0 spiro atoms. The van der Waals surface area contributed by atoms with Crippen molar-refractivity contribution >= 4 is 6.16 Å². The second-order valence-electron chi connectivity index (χ2n) is 3.35. The van der Waals surface area contributed by atoms with Crippen LogP contribution in [0.5, 0.6) is 0 Å². The molecule has 4 nitrogen and oxygen atoms in total. The predicted molar refractivity (Wildman–Crippen MR) is 43.9 cm³/mol. The standard InChI is InChI=1S/C8H15NO3/c1-6(2)5-11-8(10)12-7-3-9-4-7/h6-7,9H,3-5H2,1-2H3. The van der Waals surface area contributed by atoms with Crippen LogP contribution in [0.2, 0.25) is 0 Å². The van der Waals surface area contributed by atoms with Crippen LogP contribution >= 0.6 is 0 Å². The smallest absolute Gasteiger partial charge is 0.434 e. The maximum Gasteiger partial charge on any atom is 0.508 e. The predicted octanol–water partition coefficient (Wildman–Crippen LogP) is 0.767. The van der Waals surface area contributed by atoms with Crippen molar-refractivity contribution in [3.05, 3.63) is 0 Å². The molecule has 1 aliphatic heterocycles. The number of carbonyl (C=O) groups is 1. The van der Waals surface area contributed by atoms with E-state index in [0.29, 0.717) is 12.5 Å². The number of hydrogen-bond acceptors (Lipinski definition) is 4. The van der Waals surface area contributed by atoms with Crippen LogP contribution < -0.4 is 5.32 Å². The molecule has 70 valence electrons. The molecule has 1 heterocycles. The molecule has 1 fully saturated rings. The average Bonchev–Trinajstić information content (AvgIpc) is 1.93. The molecule has 0 atom stereocenters. The summed E-state index contributed by atoms with van der Waals surface area (Å²) >= 11 is 0. The topological polar surface area (TPSA) is 47.6 Å². The number of hydrogen-bond donors (Lipinski definition) is 1. The molecule has 1 saturated heterocycles. The molecular formula is C8H15NO3. The van der Waals surface area contributed by atoms with Gasteiger partial charge >= 0.3 is 6.16 Å². The Hall–Kier alpha value is -0.770. The van der Waals surface area contributed by atoms with Gasteiger partial charge in [0, 0.05) is 13.1 Å². The van der Waals surface area contributed by atoms with Gasteiger partial charge in [0.05, 0.1) is 6.61 Å². The molecule has 1 N–H and O–H groups in total. The maximum absolute atomic E-state index is 10.9. The van der Waals surface area contributed by atoms with E-state index < -0.39 is 6.16 Å². The Bertz CT molecular complexity index is 154. The first-order chi connectivity index (χ1) is 5.68. The summed E-state index contributed by atoms with van der Waals surface area (Å²) in [6, 6.07) is 0. The highest BCUT2D eigenvalue weighted by Gasteiger charge is 2.21. The Morgan fingerprint density at radius 3 is 2.67 bits per heavy atom. The second kappa shape index (κ2) is 4.30. The number of nitrogens with one attached hydrogen (secondary N) is 1. The number of rotatable bonds is 3. The fourth-order valence-corrected chi connectivity index (χ4v) is 0.750. The fourth-order valence-electron chi connectivity index (χ4n) is 0.750. The van der Waals surface area contributed by atoms with E-state index in [4.69, 9.17) is 9.47 Å². The van der Waals surface area contributed by atoms with Crippen LogP contribution in [0.1, 0.15) is 13.8 Å². The van der Waals surface area contributed by atoms with Gasteiger partial charge in [-0.25, -0.2) is 4.79 Å². The van der Waals surface area contributed by atoms with E-state index in [9.17, 15) is 4.79 Å². The Labute approximate surface area is 72.2 Å². The van der Waals surface area contributed by atoms with Gasteiger partial charge in [-0.05, 0) is 5.92 Å². The number of carbonyl (C=O) groups excluding carboxylic acids is 1. The van der Waals surface area contributed by atoms with Crippen LogP contribution in [-0.4, -0.2) is 32.0 Å². The van der Waals surface area contributed by atoms with Crippen molar-refractivity contribution in [3.8, 4) is 0 Å². The zero-order valence-electron chi connectivity index (χ0n) is 7.50. The van der Waals surface area contributed by atoms with Crippen LogP contribution in [-0.2, 0) is 9.47 Å². The Kier molecular flexibility index (Phi) is 3.34. The lowest BCUT2D eigenvalue weighted by Crippen LogP contribution is -2.49. The molecule has 0 radical (unpaired) electrons. The van der Waals surface area contributed by atoms with Crippen LogP contribution in [0, 0.1) is 5.92 Å². The molecule has 0 aromatic rings. The largest absolute Gasteiger partial charge is 0.508 e. The van der Waals surface area contributed by atoms with E-state index in [1.807, 2.05) is 13.8 Å². The lowest BCUT2D eigenvalue weighted by Gasteiger charge is -2.26. The zero-order valence-corrected chi connectivity index (χ0v) is 7.50. The summed E-state index contributed by atoms with van der Waals surface area (Å²) in [6.45, 7) is 5.89. The second-order valence-corrected chi connectivity index (χ2v) is 3.35. The van der Waals surface area contributed by atoms with Crippen molar-refractivity contribution in [3.63, 3.8) is 0 Å². The third kappa shape index (κ3) is 3.09. The minimum Gasteiger partial charge on any atom is -0.434 e. The molecular weight excluding hydrogens is 158 g/mol. The lowest BCUT2D eigenvalue weighted by molar-refractivity contribution is 0.00131. The van der Waals surface area contributed by atoms with E-state index >= 15 is 0 Å². The van der Waals surface area contributed by atoms with Gasteiger partial charge < -0.3 is 14.8 Å².